The molecule has 3 aliphatic carbocycles. The fourth-order valence-electron chi connectivity index (χ4n) is 5.35. The Morgan fingerprint density at radius 2 is 1.39 bits per heavy atom. The first-order valence-electron chi connectivity index (χ1n) is 8.57. The summed E-state index contributed by atoms with van der Waals surface area (Å²) in [5.41, 5.74) is 0.767. The normalized spacial score (nSPS) is 33.4. The summed E-state index contributed by atoms with van der Waals surface area (Å²) in [6, 6.07) is 0. The summed E-state index contributed by atoms with van der Waals surface area (Å²) >= 11 is 0. The van der Waals surface area contributed by atoms with E-state index in [1.807, 2.05) is 0 Å². The van der Waals surface area contributed by atoms with E-state index in [4.69, 9.17) is 0 Å². The Labute approximate surface area is 113 Å². The van der Waals surface area contributed by atoms with Crippen LogP contribution in [-0.2, 0) is 0 Å². The van der Waals surface area contributed by atoms with E-state index < -0.39 is 0 Å². The summed E-state index contributed by atoms with van der Waals surface area (Å²) in [6.45, 7) is 0. The number of hydrogen-bond acceptors (Lipinski definition) is 0. The van der Waals surface area contributed by atoms with E-state index >= 15 is 0 Å². The molecule has 2 fully saturated rings. The highest BCUT2D eigenvalue weighted by molar-refractivity contribution is 5.01. The molecule has 0 radical (unpaired) electrons. The molecule has 0 amide bonds. The molecule has 3 rings (SSSR count). The molecule has 0 heterocycles. The third-order valence-corrected chi connectivity index (χ3v) is 6.28. The van der Waals surface area contributed by atoms with Crippen molar-refractivity contribution in [2.75, 3.05) is 0 Å². The molecule has 18 heavy (non-hydrogen) atoms. The van der Waals surface area contributed by atoms with Crippen molar-refractivity contribution in [2.24, 2.45) is 17.3 Å². The van der Waals surface area contributed by atoms with Crippen LogP contribution < -0.4 is 0 Å². The Bertz CT molecular complexity index is 276. The van der Waals surface area contributed by atoms with Crippen molar-refractivity contribution in [3.8, 4) is 0 Å². The van der Waals surface area contributed by atoms with Crippen LogP contribution in [0.1, 0.15) is 83.5 Å². The second-order valence-corrected chi connectivity index (χ2v) is 7.11. The van der Waals surface area contributed by atoms with Crippen molar-refractivity contribution < 1.29 is 0 Å². The van der Waals surface area contributed by atoms with Gasteiger partial charge in [-0.3, -0.25) is 0 Å². The van der Waals surface area contributed by atoms with Crippen LogP contribution in [0.25, 0.3) is 0 Å². The van der Waals surface area contributed by atoms with Crippen molar-refractivity contribution in [1.29, 1.82) is 0 Å². The fraction of sp³-hybridized carbons (Fsp3) is 0.889. The zero-order valence-electron chi connectivity index (χ0n) is 12.0. The van der Waals surface area contributed by atoms with Gasteiger partial charge < -0.3 is 0 Å². The smallest absolute Gasteiger partial charge is 0.0238 e. The van der Waals surface area contributed by atoms with Gasteiger partial charge in [-0.05, 0) is 62.2 Å². The van der Waals surface area contributed by atoms with Gasteiger partial charge in [0.15, 0.2) is 0 Å². The third-order valence-electron chi connectivity index (χ3n) is 6.28. The molecule has 0 saturated heterocycles. The predicted molar refractivity (Wildman–Crippen MR) is 78.6 cm³/mol. The zero-order valence-corrected chi connectivity index (χ0v) is 12.0. The van der Waals surface area contributed by atoms with E-state index in [0.717, 1.165) is 17.3 Å². The lowest BCUT2D eigenvalue weighted by Crippen LogP contribution is -2.41. The van der Waals surface area contributed by atoms with Crippen LogP contribution in [-0.4, -0.2) is 0 Å². The topological polar surface area (TPSA) is 0 Å². The molecule has 3 aliphatic rings. The lowest BCUT2D eigenvalue weighted by Gasteiger charge is -2.51. The van der Waals surface area contributed by atoms with E-state index in [2.05, 4.69) is 12.2 Å². The van der Waals surface area contributed by atoms with Gasteiger partial charge in [0.1, 0.15) is 0 Å². The molecule has 0 aromatic heterocycles. The van der Waals surface area contributed by atoms with Crippen LogP contribution >= 0.6 is 0 Å². The largest absolute Gasteiger partial charge is 0.0885 e. The SMILES string of the molecule is C1=CCC(C2(C3CCCCC3)CCCCC2)CC1. The minimum Gasteiger partial charge on any atom is -0.0885 e. The third kappa shape index (κ3) is 2.40. The van der Waals surface area contributed by atoms with Gasteiger partial charge in [-0.25, -0.2) is 0 Å². The van der Waals surface area contributed by atoms with Crippen molar-refractivity contribution >= 4 is 0 Å². The van der Waals surface area contributed by atoms with Crippen molar-refractivity contribution in [2.45, 2.75) is 83.5 Å². The standard InChI is InChI=1S/C18H30/c1-4-10-16(11-5-1)18(14-8-3-9-15-18)17-12-6-2-7-13-17/h1,4,16-17H,2-3,5-15H2. The molecule has 0 N–H and O–H groups in total. The summed E-state index contributed by atoms with van der Waals surface area (Å²) in [5, 5.41) is 0. The molecule has 0 nitrogen and oxygen atoms in total. The Morgan fingerprint density at radius 1 is 0.667 bits per heavy atom. The van der Waals surface area contributed by atoms with Crippen molar-refractivity contribution in [3.63, 3.8) is 0 Å². The molecule has 1 atom stereocenters. The molecule has 0 aliphatic heterocycles. The summed E-state index contributed by atoms with van der Waals surface area (Å²) in [4.78, 5) is 0. The summed E-state index contributed by atoms with van der Waals surface area (Å²) in [7, 11) is 0. The maximum Gasteiger partial charge on any atom is -0.0238 e. The highest BCUT2D eigenvalue weighted by atomic mass is 14.5. The molecule has 0 bridgehead atoms. The van der Waals surface area contributed by atoms with E-state index in [0.29, 0.717) is 0 Å². The fourth-order valence-corrected chi connectivity index (χ4v) is 5.35. The predicted octanol–water partition coefficient (Wildman–Crippen LogP) is 5.87. The molecule has 0 aromatic carbocycles. The monoisotopic (exact) mass is 246 g/mol. The van der Waals surface area contributed by atoms with Crippen LogP contribution in [0.5, 0.6) is 0 Å². The van der Waals surface area contributed by atoms with Crippen LogP contribution in [0.2, 0.25) is 0 Å². The molecule has 0 spiro atoms. The zero-order chi connectivity index (χ0) is 12.3. The molecule has 0 aromatic rings. The minimum atomic E-state index is 0.767. The van der Waals surface area contributed by atoms with Gasteiger partial charge >= 0.3 is 0 Å². The maximum atomic E-state index is 2.49. The Kier molecular flexibility index (Phi) is 4.11. The maximum absolute atomic E-state index is 2.49. The molecular weight excluding hydrogens is 216 g/mol. The van der Waals surface area contributed by atoms with Crippen LogP contribution in [0.3, 0.4) is 0 Å². The van der Waals surface area contributed by atoms with Crippen molar-refractivity contribution in [3.05, 3.63) is 12.2 Å². The number of allylic oxidation sites excluding steroid dienone is 2. The molecule has 102 valence electrons. The minimum absolute atomic E-state index is 0.767. The molecule has 0 heteroatoms. The summed E-state index contributed by atoms with van der Waals surface area (Å²) < 4.78 is 0. The quantitative estimate of drug-likeness (QED) is 0.534. The first-order chi connectivity index (χ1) is 8.92. The number of hydrogen-bond donors (Lipinski definition) is 0. The summed E-state index contributed by atoms with van der Waals surface area (Å²) in [5.74, 6) is 2.12. The van der Waals surface area contributed by atoms with Gasteiger partial charge in [0.05, 0.1) is 0 Å². The average molecular weight is 246 g/mol. The van der Waals surface area contributed by atoms with Gasteiger partial charge in [-0.1, -0.05) is 50.7 Å². The van der Waals surface area contributed by atoms with E-state index in [-0.39, 0.29) is 0 Å². The Morgan fingerprint density at radius 3 is 2.06 bits per heavy atom. The highest BCUT2D eigenvalue weighted by Crippen LogP contribution is 2.55. The van der Waals surface area contributed by atoms with Crippen LogP contribution in [0.15, 0.2) is 12.2 Å². The average Bonchev–Trinajstić information content (AvgIpc) is 2.50. The van der Waals surface area contributed by atoms with E-state index in [9.17, 15) is 0 Å². The van der Waals surface area contributed by atoms with Crippen LogP contribution in [0, 0.1) is 17.3 Å². The second-order valence-electron chi connectivity index (χ2n) is 7.11. The lowest BCUT2D eigenvalue weighted by atomic mass is 9.54. The first kappa shape index (κ1) is 12.8. The summed E-state index contributed by atoms with van der Waals surface area (Å²) in [6.07, 6.45) is 24.5. The van der Waals surface area contributed by atoms with Crippen LogP contribution in [0.4, 0.5) is 0 Å². The first-order valence-corrected chi connectivity index (χ1v) is 8.57. The lowest BCUT2D eigenvalue weighted by molar-refractivity contribution is -0.000434. The molecule has 2 saturated carbocycles. The molecular formula is C18H30. The van der Waals surface area contributed by atoms with Crippen molar-refractivity contribution in [1.82, 2.24) is 0 Å². The highest BCUT2D eigenvalue weighted by Gasteiger charge is 2.45. The Balaban J connectivity index is 1.79. The van der Waals surface area contributed by atoms with Gasteiger partial charge in [-0.2, -0.15) is 0 Å². The van der Waals surface area contributed by atoms with E-state index in [1.165, 1.54) is 57.8 Å². The van der Waals surface area contributed by atoms with E-state index in [1.54, 1.807) is 25.7 Å². The van der Waals surface area contributed by atoms with Gasteiger partial charge in [0.25, 0.3) is 0 Å². The van der Waals surface area contributed by atoms with Gasteiger partial charge in [-0.15, -0.1) is 0 Å². The molecule has 1 unspecified atom stereocenters. The Hall–Kier alpha value is -0.260. The number of rotatable bonds is 2. The second kappa shape index (κ2) is 5.80. The van der Waals surface area contributed by atoms with Gasteiger partial charge in [0.2, 0.25) is 0 Å². The van der Waals surface area contributed by atoms with Gasteiger partial charge in [0, 0.05) is 0 Å².